The molecule has 0 aliphatic carbocycles. The zero-order chi connectivity index (χ0) is 14.5. The fourth-order valence-electron chi connectivity index (χ4n) is 2.28. The molecule has 108 valence electrons. The molecule has 1 atom stereocenters. The standard InChI is InChI=1S/C15H21FN4/c1-3-8-20-11-12(10-18-20)15(9-17)19(2)14-6-4-13(16)5-7-14/h4-7,10-11,15H,3,8-9,17H2,1-2H3. The van der Waals surface area contributed by atoms with Gasteiger partial charge in [0.05, 0.1) is 12.2 Å². The van der Waals surface area contributed by atoms with Gasteiger partial charge in [-0.25, -0.2) is 4.39 Å². The number of hydrogen-bond acceptors (Lipinski definition) is 3. The van der Waals surface area contributed by atoms with Crippen molar-refractivity contribution in [2.45, 2.75) is 25.9 Å². The first kappa shape index (κ1) is 14.5. The molecule has 0 aliphatic heterocycles. The van der Waals surface area contributed by atoms with Crippen LogP contribution in [-0.2, 0) is 6.54 Å². The van der Waals surface area contributed by atoms with Gasteiger partial charge in [0.25, 0.3) is 0 Å². The topological polar surface area (TPSA) is 47.1 Å². The number of nitrogens with two attached hydrogens (primary N) is 1. The smallest absolute Gasteiger partial charge is 0.123 e. The normalized spacial score (nSPS) is 12.4. The monoisotopic (exact) mass is 276 g/mol. The first-order valence-electron chi connectivity index (χ1n) is 6.86. The fraction of sp³-hybridized carbons (Fsp3) is 0.400. The van der Waals surface area contributed by atoms with Gasteiger partial charge in [-0.1, -0.05) is 6.92 Å². The second-order valence-electron chi connectivity index (χ2n) is 4.88. The van der Waals surface area contributed by atoms with Gasteiger partial charge in [0.15, 0.2) is 0 Å². The molecule has 0 fully saturated rings. The van der Waals surface area contributed by atoms with Crippen LogP contribution >= 0.6 is 0 Å². The van der Waals surface area contributed by atoms with E-state index in [1.165, 1.54) is 12.1 Å². The number of benzene rings is 1. The molecule has 2 rings (SSSR count). The van der Waals surface area contributed by atoms with Crippen LogP contribution in [0.5, 0.6) is 0 Å². The van der Waals surface area contributed by atoms with Crippen LogP contribution in [0.1, 0.15) is 24.9 Å². The van der Waals surface area contributed by atoms with Gasteiger partial charge >= 0.3 is 0 Å². The van der Waals surface area contributed by atoms with Crippen LogP contribution in [0.15, 0.2) is 36.7 Å². The highest BCUT2D eigenvalue weighted by Crippen LogP contribution is 2.24. The van der Waals surface area contributed by atoms with Crippen molar-refractivity contribution in [2.24, 2.45) is 5.73 Å². The molecule has 5 heteroatoms. The predicted octanol–water partition coefficient (Wildman–Crippen LogP) is 2.57. The quantitative estimate of drug-likeness (QED) is 0.882. The van der Waals surface area contributed by atoms with Crippen molar-refractivity contribution in [3.63, 3.8) is 0 Å². The lowest BCUT2D eigenvalue weighted by atomic mass is 10.1. The van der Waals surface area contributed by atoms with E-state index in [0.717, 1.165) is 24.2 Å². The maximum atomic E-state index is 13.0. The van der Waals surface area contributed by atoms with Crippen LogP contribution in [-0.4, -0.2) is 23.4 Å². The van der Waals surface area contributed by atoms with Crippen LogP contribution in [0, 0.1) is 5.82 Å². The van der Waals surface area contributed by atoms with Crippen molar-refractivity contribution in [1.29, 1.82) is 0 Å². The first-order valence-corrected chi connectivity index (χ1v) is 6.86. The van der Waals surface area contributed by atoms with Crippen LogP contribution < -0.4 is 10.6 Å². The maximum Gasteiger partial charge on any atom is 0.123 e. The second-order valence-corrected chi connectivity index (χ2v) is 4.88. The number of halogens is 1. The molecule has 1 heterocycles. The van der Waals surface area contributed by atoms with E-state index in [0.29, 0.717) is 6.54 Å². The summed E-state index contributed by atoms with van der Waals surface area (Å²) in [6.45, 7) is 3.50. The van der Waals surface area contributed by atoms with Crippen molar-refractivity contribution in [3.05, 3.63) is 48.0 Å². The average molecular weight is 276 g/mol. The summed E-state index contributed by atoms with van der Waals surface area (Å²) in [5.41, 5.74) is 7.92. The van der Waals surface area contributed by atoms with E-state index < -0.39 is 0 Å². The Labute approximate surface area is 119 Å². The van der Waals surface area contributed by atoms with Crippen LogP contribution in [0.3, 0.4) is 0 Å². The molecule has 0 saturated heterocycles. The molecular formula is C15H21FN4. The van der Waals surface area contributed by atoms with E-state index >= 15 is 0 Å². The molecule has 1 aromatic heterocycles. The SMILES string of the molecule is CCCn1cc(C(CN)N(C)c2ccc(F)cc2)cn1. The Balaban J connectivity index is 2.19. The number of nitrogens with zero attached hydrogens (tertiary/aromatic N) is 3. The van der Waals surface area contributed by atoms with Crippen molar-refractivity contribution in [1.82, 2.24) is 9.78 Å². The molecule has 4 nitrogen and oxygen atoms in total. The predicted molar refractivity (Wildman–Crippen MR) is 79.1 cm³/mol. The molecule has 2 N–H and O–H groups in total. The van der Waals surface area contributed by atoms with Crippen molar-refractivity contribution in [3.8, 4) is 0 Å². The summed E-state index contributed by atoms with van der Waals surface area (Å²) >= 11 is 0. The third-order valence-electron chi connectivity index (χ3n) is 3.42. The van der Waals surface area contributed by atoms with E-state index in [9.17, 15) is 4.39 Å². The Morgan fingerprint density at radius 3 is 2.65 bits per heavy atom. The zero-order valence-corrected chi connectivity index (χ0v) is 12.0. The maximum absolute atomic E-state index is 13.0. The summed E-state index contributed by atoms with van der Waals surface area (Å²) in [7, 11) is 1.96. The largest absolute Gasteiger partial charge is 0.366 e. The number of hydrogen-bond donors (Lipinski definition) is 1. The van der Waals surface area contributed by atoms with E-state index in [1.54, 1.807) is 12.1 Å². The summed E-state index contributed by atoms with van der Waals surface area (Å²) in [4.78, 5) is 2.05. The Bertz CT molecular complexity index is 535. The van der Waals surface area contributed by atoms with Crippen molar-refractivity contribution < 1.29 is 4.39 Å². The minimum atomic E-state index is -0.234. The minimum Gasteiger partial charge on any atom is -0.366 e. The number of aryl methyl sites for hydroxylation is 1. The van der Waals surface area contributed by atoms with Crippen LogP contribution in [0.2, 0.25) is 0 Å². The Morgan fingerprint density at radius 1 is 1.35 bits per heavy atom. The summed E-state index contributed by atoms with van der Waals surface area (Å²) in [6, 6.07) is 6.47. The Kier molecular flexibility index (Phi) is 4.74. The molecule has 0 spiro atoms. The third kappa shape index (κ3) is 3.17. The van der Waals surface area contributed by atoms with Gasteiger partial charge in [0, 0.05) is 37.6 Å². The van der Waals surface area contributed by atoms with Crippen molar-refractivity contribution in [2.75, 3.05) is 18.5 Å². The Morgan fingerprint density at radius 2 is 2.05 bits per heavy atom. The highest BCUT2D eigenvalue weighted by atomic mass is 19.1. The molecule has 0 radical (unpaired) electrons. The minimum absolute atomic E-state index is 0.0334. The molecule has 0 saturated carbocycles. The van der Waals surface area contributed by atoms with E-state index in [-0.39, 0.29) is 11.9 Å². The van der Waals surface area contributed by atoms with E-state index in [1.807, 2.05) is 29.0 Å². The zero-order valence-electron chi connectivity index (χ0n) is 12.0. The van der Waals surface area contributed by atoms with Gasteiger partial charge in [-0.2, -0.15) is 5.10 Å². The molecule has 0 aliphatic rings. The van der Waals surface area contributed by atoms with Gasteiger partial charge in [-0.15, -0.1) is 0 Å². The molecule has 2 aromatic rings. The van der Waals surface area contributed by atoms with Crippen LogP contribution in [0.25, 0.3) is 0 Å². The van der Waals surface area contributed by atoms with Gasteiger partial charge in [0.1, 0.15) is 5.82 Å². The molecule has 20 heavy (non-hydrogen) atoms. The lowest BCUT2D eigenvalue weighted by Crippen LogP contribution is -2.30. The second kappa shape index (κ2) is 6.52. The van der Waals surface area contributed by atoms with Gasteiger partial charge in [0.2, 0.25) is 0 Å². The summed E-state index contributed by atoms with van der Waals surface area (Å²) in [6.07, 6.45) is 4.93. The number of likely N-dealkylation sites (N-methyl/N-ethyl adjacent to an activating group) is 1. The number of rotatable bonds is 6. The van der Waals surface area contributed by atoms with Crippen LogP contribution in [0.4, 0.5) is 10.1 Å². The summed E-state index contributed by atoms with van der Waals surface area (Å²) in [5, 5.41) is 4.34. The third-order valence-corrected chi connectivity index (χ3v) is 3.42. The Hall–Kier alpha value is -1.88. The highest BCUT2D eigenvalue weighted by Gasteiger charge is 2.17. The number of aromatic nitrogens is 2. The number of anilines is 1. The van der Waals surface area contributed by atoms with E-state index in [2.05, 4.69) is 12.0 Å². The van der Waals surface area contributed by atoms with Gasteiger partial charge in [-0.05, 0) is 30.7 Å². The highest BCUT2D eigenvalue weighted by molar-refractivity contribution is 5.48. The lowest BCUT2D eigenvalue weighted by molar-refractivity contribution is 0.600. The first-order chi connectivity index (χ1) is 9.65. The summed E-state index contributed by atoms with van der Waals surface area (Å²) in [5.74, 6) is -0.234. The van der Waals surface area contributed by atoms with Gasteiger partial charge in [-0.3, -0.25) is 4.68 Å². The summed E-state index contributed by atoms with van der Waals surface area (Å²) < 4.78 is 14.9. The molecule has 1 unspecified atom stereocenters. The lowest BCUT2D eigenvalue weighted by Gasteiger charge is -2.28. The van der Waals surface area contributed by atoms with Crippen molar-refractivity contribution >= 4 is 5.69 Å². The fourth-order valence-corrected chi connectivity index (χ4v) is 2.28. The van der Waals surface area contributed by atoms with Gasteiger partial charge < -0.3 is 10.6 Å². The molecular weight excluding hydrogens is 255 g/mol. The molecule has 0 bridgehead atoms. The average Bonchev–Trinajstić information content (AvgIpc) is 2.89. The molecule has 0 amide bonds. The van der Waals surface area contributed by atoms with E-state index in [4.69, 9.17) is 5.73 Å². The molecule has 1 aromatic carbocycles.